The smallest absolute Gasteiger partial charge is 0.146 e. The molecular formula is C15H14Cl3IN2. The molecule has 0 saturated heterocycles. The van der Waals surface area contributed by atoms with Crippen LogP contribution in [0.25, 0.3) is 0 Å². The Kier molecular flexibility index (Phi) is 5.40. The zero-order chi connectivity index (χ0) is 15.8. The molecule has 2 nitrogen and oxygen atoms in total. The van der Waals surface area contributed by atoms with Crippen molar-refractivity contribution < 1.29 is 0 Å². The first kappa shape index (κ1) is 17.3. The molecule has 0 aliphatic carbocycles. The van der Waals surface area contributed by atoms with E-state index in [0.717, 1.165) is 14.8 Å². The number of hydrogen-bond donors (Lipinski definition) is 0. The maximum atomic E-state index is 6.24. The van der Waals surface area contributed by atoms with Crippen LogP contribution in [-0.2, 0) is 11.8 Å². The molecule has 0 unspecified atom stereocenters. The summed E-state index contributed by atoms with van der Waals surface area (Å²) in [5, 5.41) is 1.70. The van der Waals surface area contributed by atoms with Crippen molar-refractivity contribution in [3.05, 3.63) is 54.0 Å². The third-order valence-electron chi connectivity index (χ3n) is 2.93. The molecule has 0 atom stereocenters. The fourth-order valence-electron chi connectivity index (χ4n) is 1.87. The molecule has 0 spiro atoms. The van der Waals surface area contributed by atoms with Crippen molar-refractivity contribution in [2.75, 3.05) is 0 Å². The quantitative estimate of drug-likeness (QED) is 0.414. The van der Waals surface area contributed by atoms with Gasteiger partial charge in [0.05, 0.1) is 9.26 Å². The fraction of sp³-hybridized carbons (Fsp3) is 0.333. The Labute approximate surface area is 153 Å². The number of rotatable bonds is 2. The third-order valence-corrected chi connectivity index (χ3v) is 5.13. The second-order valence-electron chi connectivity index (χ2n) is 5.76. The summed E-state index contributed by atoms with van der Waals surface area (Å²) in [6.07, 6.45) is 0.524. The highest BCUT2D eigenvalue weighted by molar-refractivity contribution is 14.1. The summed E-state index contributed by atoms with van der Waals surface area (Å²) < 4.78 is 0.896. The Hall–Kier alpha value is -0.100. The first-order valence-corrected chi connectivity index (χ1v) is 8.56. The lowest BCUT2D eigenvalue weighted by atomic mass is 9.92. The molecule has 0 aliphatic rings. The number of hydrogen-bond acceptors (Lipinski definition) is 2. The standard InChI is InChI=1S/C15H14Cl3IN2/c1-15(2,3)13-12(19)14(18)21-11(20-13)6-8-4-5-9(16)7-10(8)17/h4-5,7H,6H2,1-3H3. The van der Waals surface area contributed by atoms with Crippen LogP contribution in [0.15, 0.2) is 18.2 Å². The summed E-state index contributed by atoms with van der Waals surface area (Å²) >= 11 is 20.6. The van der Waals surface area contributed by atoms with Crippen LogP contribution in [0.5, 0.6) is 0 Å². The predicted octanol–water partition coefficient (Wildman–Crippen LogP) is 5.93. The largest absolute Gasteiger partial charge is 0.236 e. The second kappa shape index (κ2) is 6.57. The van der Waals surface area contributed by atoms with E-state index in [4.69, 9.17) is 34.8 Å². The van der Waals surface area contributed by atoms with Gasteiger partial charge in [0.1, 0.15) is 11.0 Å². The molecule has 1 heterocycles. The van der Waals surface area contributed by atoms with Gasteiger partial charge in [-0.1, -0.05) is 61.6 Å². The van der Waals surface area contributed by atoms with E-state index in [1.807, 2.05) is 12.1 Å². The van der Waals surface area contributed by atoms with Crippen LogP contribution in [0.1, 0.15) is 37.9 Å². The zero-order valence-corrected chi connectivity index (χ0v) is 16.3. The Bertz CT molecular complexity index is 681. The van der Waals surface area contributed by atoms with E-state index in [9.17, 15) is 0 Å². The topological polar surface area (TPSA) is 25.8 Å². The van der Waals surface area contributed by atoms with Gasteiger partial charge in [-0.3, -0.25) is 0 Å². The van der Waals surface area contributed by atoms with E-state index in [1.165, 1.54) is 0 Å². The van der Waals surface area contributed by atoms with Gasteiger partial charge in [0.2, 0.25) is 0 Å². The van der Waals surface area contributed by atoms with E-state index in [-0.39, 0.29) is 5.41 Å². The molecule has 0 N–H and O–H groups in total. The monoisotopic (exact) mass is 454 g/mol. The molecule has 0 aliphatic heterocycles. The summed E-state index contributed by atoms with van der Waals surface area (Å²) in [4.78, 5) is 9.03. The molecule has 112 valence electrons. The van der Waals surface area contributed by atoms with Gasteiger partial charge in [0.25, 0.3) is 0 Å². The Morgan fingerprint density at radius 3 is 2.33 bits per heavy atom. The minimum Gasteiger partial charge on any atom is -0.236 e. The van der Waals surface area contributed by atoms with E-state index >= 15 is 0 Å². The summed E-state index contributed by atoms with van der Waals surface area (Å²) in [5.41, 5.74) is 1.78. The van der Waals surface area contributed by atoms with E-state index in [0.29, 0.717) is 27.4 Å². The molecule has 1 aromatic carbocycles. The number of benzene rings is 1. The van der Waals surface area contributed by atoms with Gasteiger partial charge in [0, 0.05) is 21.9 Å². The van der Waals surface area contributed by atoms with Crippen LogP contribution in [-0.4, -0.2) is 9.97 Å². The first-order valence-electron chi connectivity index (χ1n) is 6.35. The number of halogens is 4. The average Bonchev–Trinajstić information content (AvgIpc) is 2.35. The molecule has 0 radical (unpaired) electrons. The van der Waals surface area contributed by atoms with Crippen LogP contribution in [0.3, 0.4) is 0 Å². The molecule has 0 amide bonds. The molecule has 1 aromatic heterocycles. The van der Waals surface area contributed by atoms with Gasteiger partial charge in [0.15, 0.2) is 0 Å². The molecule has 21 heavy (non-hydrogen) atoms. The molecule has 0 fully saturated rings. The maximum Gasteiger partial charge on any atom is 0.146 e. The van der Waals surface area contributed by atoms with Crippen LogP contribution in [0.2, 0.25) is 15.2 Å². The molecule has 6 heteroatoms. The molecule has 2 aromatic rings. The lowest BCUT2D eigenvalue weighted by Gasteiger charge is -2.20. The Morgan fingerprint density at radius 1 is 1.10 bits per heavy atom. The third kappa shape index (κ3) is 4.21. The highest BCUT2D eigenvalue weighted by atomic mass is 127. The van der Waals surface area contributed by atoms with Gasteiger partial charge in [-0.05, 0) is 40.3 Å². The lowest BCUT2D eigenvalue weighted by Crippen LogP contribution is -2.18. The van der Waals surface area contributed by atoms with Crippen molar-refractivity contribution in [2.24, 2.45) is 0 Å². The highest BCUT2D eigenvalue weighted by Gasteiger charge is 2.22. The van der Waals surface area contributed by atoms with Crippen molar-refractivity contribution >= 4 is 57.4 Å². The van der Waals surface area contributed by atoms with Gasteiger partial charge in [-0.2, -0.15) is 0 Å². The van der Waals surface area contributed by atoms with Gasteiger partial charge in [-0.15, -0.1) is 0 Å². The van der Waals surface area contributed by atoms with Crippen molar-refractivity contribution in [3.63, 3.8) is 0 Å². The summed E-state index contributed by atoms with van der Waals surface area (Å²) in [7, 11) is 0. The van der Waals surface area contributed by atoms with Gasteiger partial charge < -0.3 is 0 Å². The minimum atomic E-state index is -0.0956. The van der Waals surface area contributed by atoms with E-state index < -0.39 is 0 Å². The maximum absolute atomic E-state index is 6.24. The Morgan fingerprint density at radius 2 is 1.76 bits per heavy atom. The van der Waals surface area contributed by atoms with Crippen molar-refractivity contribution in [2.45, 2.75) is 32.6 Å². The first-order chi connectivity index (χ1) is 9.68. The predicted molar refractivity (Wildman–Crippen MR) is 97.7 cm³/mol. The van der Waals surface area contributed by atoms with E-state index in [1.54, 1.807) is 6.07 Å². The molecule has 0 saturated carbocycles. The highest BCUT2D eigenvalue weighted by Crippen LogP contribution is 2.30. The number of aromatic nitrogens is 2. The minimum absolute atomic E-state index is 0.0956. The van der Waals surface area contributed by atoms with Crippen molar-refractivity contribution in [3.8, 4) is 0 Å². The van der Waals surface area contributed by atoms with E-state index in [2.05, 4.69) is 53.3 Å². The SMILES string of the molecule is CC(C)(C)c1nc(Cc2ccc(Cl)cc2Cl)nc(Cl)c1I. The van der Waals surface area contributed by atoms with Crippen LogP contribution in [0, 0.1) is 3.57 Å². The van der Waals surface area contributed by atoms with Gasteiger partial charge in [-0.25, -0.2) is 9.97 Å². The molecule has 0 bridgehead atoms. The Balaban J connectivity index is 2.43. The summed E-state index contributed by atoms with van der Waals surface area (Å²) in [6.45, 7) is 6.31. The average molecular weight is 456 g/mol. The normalized spacial score (nSPS) is 11.8. The second-order valence-corrected chi connectivity index (χ2v) is 8.04. The van der Waals surface area contributed by atoms with Crippen LogP contribution >= 0.6 is 57.4 Å². The fourth-order valence-corrected chi connectivity index (χ4v) is 3.59. The summed E-state index contributed by atoms with van der Waals surface area (Å²) in [6, 6.07) is 5.41. The molecular weight excluding hydrogens is 441 g/mol. The van der Waals surface area contributed by atoms with Crippen molar-refractivity contribution in [1.82, 2.24) is 9.97 Å². The zero-order valence-electron chi connectivity index (χ0n) is 11.8. The van der Waals surface area contributed by atoms with Gasteiger partial charge >= 0.3 is 0 Å². The lowest BCUT2D eigenvalue weighted by molar-refractivity contribution is 0.558. The number of nitrogens with zero attached hydrogens (tertiary/aromatic N) is 2. The summed E-state index contributed by atoms with van der Waals surface area (Å²) in [5.74, 6) is 0.662. The van der Waals surface area contributed by atoms with Crippen LogP contribution < -0.4 is 0 Å². The van der Waals surface area contributed by atoms with Crippen LogP contribution in [0.4, 0.5) is 0 Å². The van der Waals surface area contributed by atoms with Crippen molar-refractivity contribution in [1.29, 1.82) is 0 Å². The molecule has 2 rings (SSSR count).